The first-order chi connectivity index (χ1) is 3.77. The minimum absolute atomic E-state index is 0.740. The number of methoxy groups -OCH3 is 1. The summed E-state index contributed by atoms with van der Waals surface area (Å²) in [5, 5.41) is 0. The third-order valence-corrected chi connectivity index (χ3v) is 2.63. The van der Waals surface area contributed by atoms with Crippen LogP contribution in [0.2, 0.25) is 11.0 Å². The molecule has 0 N–H and O–H groups in total. The summed E-state index contributed by atoms with van der Waals surface area (Å²) >= 11 is -1.17. The third kappa shape index (κ3) is 6.56. The van der Waals surface area contributed by atoms with Crippen molar-refractivity contribution in [3.8, 4) is 0 Å². The van der Waals surface area contributed by atoms with Gasteiger partial charge in [0.1, 0.15) is 0 Å². The SMILES string of the molecule is COCC[O][Ga]([CH3])[CH3]. The zero-order chi connectivity index (χ0) is 6.41. The summed E-state index contributed by atoms with van der Waals surface area (Å²) in [5.41, 5.74) is 4.39. The first-order valence-electron chi connectivity index (χ1n) is 2.88. The summed E-state index contributed by atoms with van der Waals surface area (Å²) in [5.74, 6) is 0. The zero-order valence-corrected chi connectivity index (χ0v) is 8.23. The monoisotopic (exact) mass is 174 g/mol. The van der Waals surface area contributed by atoms with Gasteiger partial charge in [0.15, 0.2) is 0 Å². The maximum absolute atomic E-state index is 5.34. The number of rotatable bonds is 4. The summed E-state index contributed by atoms with van der Waals surface area (Å²) in [7, 11) is 1.69. The second-order valence-electron chi connectivity index (χ2n) is 1.91. The molecular weight excluding hydrogens is 162 g/mol. The summed E-state index contributed by atoms with van der Waals surface area (Å²) in [6, 6.07) is 0. The molecule has 48 valence electrons. The van der Waals surface area contributed by atoms with Gasteiger partial charge in [-0.1, -0.05) is 0 Å². The maximum atomic E-state index is 5.34. The van der Waals surface area contributed by atoms with E-state index < -0.39 is 16.6 Å². The van der Waals surface area contributed by atoms with Gasteiger partial charge < -0.3 is 0 Å². The average molecular weight is 175 g/mol. The Labute approximate surface area is 56.6 Å². The van der Waals surface area contributed by atoms with E-state index in [-0.39, 0.29) is 0 Å². The van der Waals surface area contributed by atoms with Crippen LogP contribution in [0.3, 0.4) is 0 Å². The van der Waals surface area contributed by atoms with E-state index >= 15 is 0 Å². The summed E-state index contributed by atoms with van der Waals surface area (Å²) in [4.78, 5) is 0. The van der Waals surface area contributed by atoms with Crippen molar-refractivity contribution in [2.45, 2.75) is 11.0 Å². The minimum atomic E-state index is -1.17. The van der Waals surface area contributed by atoms with Gasteiger partial charge in [-0.15, -0.1) is 0 Å². The molecule has 0 saturated carbocycles. The van der Waals surface area contributed by atoms with Gasteiger partial charge in [0.25, 0.3) is 0 Å². The second kappa shape index (κ2) is 5.69. The van der Waals surface area contributed by atoms with Crippen LogP contribution in [-0.2, 0) is 8.27 Å². The van der Waals surface area contributed by atoms with Crippen LogP contribution in [0.4, 0.5) is 0 Å². The van der Waals surface area contributed by atoms with Crippen LogP contribution >= 0.6 is 0 Å². The normalized spacial score (nSPS) is 9.38. The third-order valence-electron chi connectivity index (χ3n) is 0.739. The molecule has 2 nitrogen and oxygen atoms in total. The molecule has 0 aromatic heterocycles. The van der Waals surface area contributed by atoms with Gasteiger partial charge in [0.05, 0.1) is 0 Å². The van der Waals surface area contributed by atoms with Crippen molar-refractivity contribution in [2.75, 3.05) is 20.3 Å². The van der Waals surface area contributed by atoms with Crippen LogP contribution in [0, 0.1) is 0 Å². The Morgan fingerprint density at radius 2 is 1.88 bits per heavy atom. The Morgan fingerprint density at radius 1 is 1.25 bits per heavy atom. The van der Waals surface area contributed by atoms with E-state index in [1.807, 2.05) is 0 Å². The van der Waals surface area contributed by atoms with Gasteiger partial charge in [0.2, 0.25) is 0 Å². The van der Waals surface area contributed by atoms with Gasteiger partial charge in [0, 0.05) is 0 Å². The van der Waals surface area contributed by atoms with Gasteiger partial charge in [-0.05, 0) is 0 Å². The second-order valence-corrected chi connectivity index (χ2v) is 7.01. The van der Waals surface area contributed by atoms with E-state index in [2.05, 4.69) is 11.0 Å². The molecule has 0 unspecified atom stereocenters. The molecule has 0 saturated heterocycles. The average Bonchev–Trinajstić information content (AvgIpc) is 1.66. The van der Waals surface area contributed by atoms with Gasteiger partial charge in [-0.2, -0.15) is 0 Å². The molecule has 0 fully saturated rings. The molecule has 0 aromatic carbocycles. The van der Waals surface area contributed by atoms with Crippen molar-refractivity contribution < 1.29 is 8.27 Å². The van der Waals surface area contributed by atoms with Crippen LogP contribution in [-0.4, -0.2) is 36.9 Å². The Bertz CT molecular complexity index is 47.7. The Morgan fingerprint density at radius 3 is 2.25 bits per heavy atom. The van der Waals surface area contributed by atoms with E-state index in [0.29, 0.717) is 0 Å². The Balaban J connectivity index is 2.72. The van der Waals surface area contributed by atoms with Crippen molar-refractivity contribution >= 4 is 16.6 Å². The molecule has 0 spiro atoms. The van der Waals surface area contributed by atoms with Crippen molar-refractivity contribution in [3.05, 3.63) is 0 Å². The fourth-order valence-corrected chi connectivity index (χ4v) is 1.56. The quantitative estimate of drug-likeness (QED) is 0.466. The van der Waals surface area contributed by atoms with Crippen LogP contribution < -0.4 is 0 Å². The molecule has 8 heavy (non-hydrogen) atoms. The van der Waals surface area contributed by atoms with Crippen molar-refractivity contribution in [2.24, 2.45) is 0 Å². The molecule has 0 atom stereocenters. The van der Waals surface area contributed by atoms with E-state index in [4.69, 9.17) is 8.27 Å². The van der Waals surface area contributed by atoms with Crippen LogP contribution in [0.1, 0.15) is 0 Å². The van der Waals surface area contributed by atoms with E-state index in [0.717, 1.165) is 13.2 Å². The summed E-state index contributed by atoms with van der Waals surface area (Å²) < 4.78 is 10.1. The van der Waals surface area contributed by atoms with Crippen LogP contribution in [0.5, 0.6) is 0 Å². The van der Waals surface area contributed by atoms with E-state index in [9.17, 15) is 0 Å². The fourth-order valence-electron chi connectivity index (χ4n) is 0.367. The molecule has 0 aliphatic heterocycles. The van der Waals surface area contributed by atoms with Crippen molar-refractivity contribution in [1.29, 1.82) is 0 Å². The van der Waals surface area contributed by atoms with Crippen LogP contribution in [0.15, 0.2) is 0 Å². The predicted molar refractivity (Wildman–Crippen MR) is 35.3 cm³/mol. The predicted octanol–water partition coefficient (Wildman–Crippen LogP) is 0.901. The molecule has 0 amide bonds. The molecule has 0 heterocycles. The van der Waals surface area contributed by atoms with Crippen LogP contribution in [0.25, 0.3) is 0 Å². The van der Waals surface area contributed by atoms with Gasteiger partial charge >= 0.3 is 56.1 Å². The molecule has 0 radical (unpaired) electrons. The zero-order valence-electron chi connectivity index (χ0n) is 5.81. The molecular formula is C5H13GaO2. The first kappa shape index (κ1) is 8.56. The molecule has 0 aliphatic rings. The topological polar surface area (TPSA) is 18.5 Å². The van der Waals surface area contributed by atoms with Gasteiger partial charge in [-0.25, -0.2) is 0 Å². The van der Waals surface area contributed by atoms with E-state index in [1.54, 1.807) is 7.11 Å². The van der Waals surface area contributed by atoms with Crippen molar-refractivity contribution in [3.63, 3.8) is 0 Å². The van der Waals surface area contributed by atoms with Gasteiger partial charge in [-0.3, -0.25) is 0 Å². The van der Waals surface area contributed by atoms with Crippen molar-refractivity contribution in [1.82, 2.24) is 0 Å². The van der Waals surface area contributed by atoms with E-state index in [1.165, 1.54) is 0 Å². The molecule has 0 bridgehead atoms. The Hall–Kier alpha value is 0.556. The number of hydrogen-bond acceptors (Lipinski definition) is 2. The summed E-state index contributed by atoms with van der Waals surface area (Å²) in [6.45, 7) is 1.53. The summed E-state index contributed by atoms with van der Waals surface area (Å²) in [6.07, 6.45) is 0. The Kier molecular flexibility index (Phi) is 6.08. The molecule has 3 heteroatoms. The first-order valence-corrected chi connectivity index (χ1v) is 8.71. The molecule has 0 aromatic rings. The molecule has 0 rings (SSSR count). The molecule has 0 aliphatic carbocycles. The standard InChI is InChI=1S/C3H7O2.2CH3.Ga/c1-5-3-2-4;;;/h2-3H2,1H3;2*1H3;/q-1;;;+1. The number of hydrogen-bond donors (Lipinski definition) is 0. The number of ether oxygens (including phenoxy) is 1. The fraction of sp³-hybridized carbons (Fsp3) is 1.00.